The third-order valence-corrected chi connectivity index (χ3v) is 4.61. The number of fused-ring (bicyclic) bond motifs is 3. The van der Waals surface area contributed by atoms with Crippen molar-refractivity contribution < 1.29 is 4.79 Å². The number of anilines is 3. The van der Waals surface area contributed by atoms with E-state index in [1.54, 1.807) is 24.1 Å². The highest BCUT2D eigenvalue weighted by atomic mass is 16.1. The molecule has 0 radical (unpaired) electrons. The van der Waals surface area contributed by atoms with Crippen molar-refractivity contribution in [1.29, 1.82) is 0 Å². The van der Waals surface area contributed by atoms with Crippen molar-refractivity contribution in [2.24, 2.45) is 12.8 Å². The molecular weight excluding hydrogens is 344 g/mol. The highest BCUT2D eigenvalue weighted by molar-refractivity contribution is 5.94. The number of carbonyl (C=O) groups is 1. The Hall–Kier alpha value is -3.49. The van der Waals surface area contributed by atoms with Crippen LogP contribution in [0.15, 0.2) is 24.5 Å². The second kappa shape index (κ2) is 6.35. The van der Waals surface area contributed by atoms with E-state index in [1.807, 2.05) is 31.1 Å². The lowest BCUT2D eigenvalue weighted by Crippen LogP contribution is -2.16. The lowest BCUT2D eigenvalue weighted by Gasteiger charge is -2.17. The van der Waals surface area contributed by atoms with Gasteiger partial charge in [-0.3, -0.25) is 9.48 Å². The second-order valence-corrected chi connectivity index (χ2v) is 6.65. The Labute approximate surface area is 156 Å². The third kappa shape index (κ3) is 2.97. The molecular formula is C18H20N8O. The first-order valence-electron chi connectivity index (χ1n) is 8.56. The van der Waals surface area contributed by atoms with Gasteiger partial charge in [-0.1, -0.05) is 0 Å². The molecule has 4 rings (SSSR count). The minimum Gasteiger partial charge on any atom is -0.378 e. The Balaban J connectivity index is 1.73. The fourth-order valence-electron chi connectivity index (χ4n) is 3.29. The van der Waals surface area contributed by atoms with Crippen molar-refractivity contribution in [3.63, 3.8) is 0 Å². The summed E-state index contributed by atoms with van der Waals surface area (Å²) in [5.41, 5.74) is 10.2. The van der Waals surface area contributed by atoms with Gasteiger partial charge in [0.1, 0.15) is 5.82 Å². The number of nitrogens with two attached hydrogens (primary N) is 1. The number of pyridine rings is 1. The molecule has 3 aromatic heterocycles. The number of hydrogen-bond acceptors (Lipinski definition) is 7. The highest BCUT2D eigenvalue weighted by Gasteiger charge is 2.28. The Morgan fingerprint density at radius 2 is 2.11 bits per heavy atom. The molecule has 1 amide bonds. The lowest BCUT2D eigenvalue weighted by molar-refractivity contribution is 0.0994. The van der Waals surface area contributed by atoms with Gasteiger partial charge in [0, 0.05) is 50.9 Å². The van der Waals surface area contributed by atoms with Crippen LogP contribution in [-0.4, -0.2) is 44.7 Å². The van der Waals surface area contributed by atoms with Crippen molar-refractivity contribution in [2.75, 3.05) is 24.3 Å². The average molecular weight is 364 g/mol. The Morgan fingerprint density at radius 3 is 2.85 bits per heavy atom. The zero-order chi connectivity index (χ0) is 19.1. The Kier molecular flexibility index (Phi) is 3.98. The fourth-order valence-corrected chi connectivity index (χ4v) is 3.29. The van der Waals surface area contributed by atoms with Gasteiger partial charge in [0.15, 0.2) is 5.69 Å². The quantitative estimate of drug-likeness (QED) is 0.716. The Morgan fingerprint density at radius 1 is 1.30 bits per heavy atom. The summed E-state index contributed by atoms with van der Waals surface area (Å²) in [4.78, 5) is 27.1. The number of primary amides is 1. The van der Waals surface area contributed by atoms with Crippen LogP contribution < -0.4 is 16.0 Å². The van der Waals surface area contributed by atoms with Crippen molar-refractivity contribution >= 4 is 23.4 Å². The van der Waals surface area contributed by atoms with Crippen molar-refractivity contribution in [3.8, 4) is 11.4 Å². The molecule has 1 aliphatic carbocycles. The van der Waals surface area contributed by atoms with E-state index < -0.39 is 5.91 Å². The zero-order valence-corrected chi connectivity index (χ0v) is 15.4. The van der Waals surface area contributed by atoms with Crippen LogP contribution in [0.3, 0.4) is 0 Å². The maximum atomic E-state index is 11.7. The molecule has 0 bridgehead atoms. The summed E-state index contributed by atoms with van der Waals surface area (Å²) in [5.74, 6) is 0.569. The molecule has 0 aromatic carbocycles. The highest BCUT2D eigenvalue weighted by Crippen LogP contribution is 2.34. The molecule has 138 valence electrons. The second-order valence-electron chi connectivity index (χ2n) is 6.65. The van der Waals surface area contributed by atoms with Crippen LogP contribution in [0.25, 0.3) is 11.4 Å². The first-order chi connectivity index (χ1) is 12.9. The SMILES string of the molecule is CN(C)c1ccnc(Nc2ncc3c(n2)-c2c(c(C(N)=O)nn2C)CC3)c1. The molecule has 3 heterocycles. The standard InChI is InChI=1S/C18H20N8O/c1-25(2)11-6-7-20-13(8-11)22-18-21-9-10-4-5-12-15(17(19)27)24-26(3)16(12)14(10)23-18/h6-9H,4-5H2,1-3H3,(H2,19,27)(H,20,21,22,23). The molecule has 9 nitrogen and oxygen atoms in total. The number of aromatic nitrogens is 5. The van der Waals surface area contributed by atoms with Crippen LogP contribution >= 0.6 is 0 Å². The average Bonchev–Trinajstić information content (AvgIpc) is 2.99. The number of nitrogens with one attached hydrogen (secondary N) is 1. The minimum atomic E-state index is -0.521. The van der Waals surface area contributed by atoms with Crippen LogP contribution in [0.4, 0.5) is 17.5 Å². The lowest BCUT2D eigenvalue weighted by atomic mass is 9.93. The zero-order valence-electron chi connectivity index (χ0n) is 15.4. The molecule has 0 atom stereocenters. The molecule has 0 saturated carbocycles. The number of amides is 1. The largest absolute Gasteiger partial charge is 0.378 e. The molecule has 0 fully saturated rings. The van der Waals surface area contributed by atoms with Gasteiger partial charge in [-0.15, -0.1) is 0 Å². The van der Waals surface area contributed by atoms with Crippen LogP contribution in [0.2, 0.25) is 0 Å². The fraction of sp³-hybridized carbons (Fsp3) is 0.278. The molecule has 0 unspecified atom stereocenters. The summed E-state index contributed by atoms with van der Waals surface area (Å²) in [6.07, 6.45) is 4.97. The summed E-state index contributed by atoms with van der Waals surface area (Å²) >= 11 is 0. The van der Waals surface area contributed by atoms with E-state index >= 15 is 0 Å². The van der Waals surface area contributed by atoms with Gasteiger partial charge in [0.25, 0.3) is 5.91 Å². The van der Waals surface area contributed by atoms with Gasteiger partial charge in [0.05, 0.1) is 11.4 Å². The molecule has 27 heavy (non-hydrogen) atoms. The van der Waals surface area contributed by atoms with Crippen LogP contribution in [-0.2, 0) is 19.9 Å². The van der Waals surface area contributed by atoms with E-state index in [1.165, 1.54) is 0 Å². The van der Waals surface area contributed by atoms with Crippen molar-refractivity contribution in [3.05, 3.63) is 41.3 Å². The summed E-state index contributed by atoms with van der Waals surface area (Å²) in [6.45, 7) is 0. The van der Waals surface area contributed by atoms with E-state index in [4.69, 9.17) is 5.73 Å². The van der Waals surface area contributed by atoms with E-state index in [9.17, 15) is 4.79 Å². The normalized spacial score (nSPS) is 12.3. The number of aryl methyl sites for hydroxylation is 2. The maximum absolute atomic E-state index is 11.7. The van der Waals surface area contributed by atoms with Crippen molar-refractivity contribution in [1.82, 2.24) is 24.7 Å². The first-order valence-corrected chi connectivity index (χ1v) is 8.56. The molecule has 0 aliphatic heterocycles. The van der Waals surface area contributed by atoms with E-state index in [-0.39, 0.29) is 0 Å². The van der Waals surface area contributed by atoms with Gasteiger partial charge in [-0.25, -0.2) is 15.0 Å². The van der Waals surface area contributed by atoms with Gasteiger partial charge in [-0.2, -0.15) is 5.10 Å². The Bertz CT molecular complexity index is 1040. The number of hydrogen-bond donors (Lipinski definition) is 2. The first kappa shape index (κ1) is 17.0. The van der Waals surface area contributed by atoms with Gasteiger partial charge >= 0.3 is 0 Å². The summed E-state index contributed by atoms with van der Waals surface area (Å²) < 4.78 is 1.66. The number of nitrogens with zero attached hydrogens (tertiary/aromatic N) is 6. The molecule has 9 heteroatoms. The van der Waals surface area contributed by atoms with E-state index in [0.717, 1.165) is 34.6 Å². The summed E-state index contributed by atoms with van der Waals surface area (Å²) in [5, 5.41) is 7.43. The molecule has 0 spiro atoms. The van der Waals surface area contributed by atoms with Crippen molar-refractivity contribution in [2.45, 2.75) is 12.8 Å². The summed E-state index contributed by atoms with van der Waals surface area (Å²) in [6, 6.07) is 3.84. The molecule has 3 aromatic rings. The predicted molar refractivity (Wildman–Crippen MR) is 102 cm³/mol. The summed E-state index contributed by atoms with van der Waals surface area (Å²) in [7, 11) is 5.72. The van der Waals surface area contributed by atoms with Gasteiger partial charge < -0.3 is 16.0 Å². The smallest absolute Gasteiger partial charge is 0.269 e. The number of carbonyl (C=O) groups excluding carboxylic acids is 1. The van der Waals surface area contributed by atoms with Gasteiger partial charge in [-0.05, 0) is 24.5 Å². The number of rotatable bonds is 4. The third-order valence-electron chi connectivity index (χ3n) is 4.61. The minimum absolute atomic E-state index is 0.312. The van der Waals surface area contributed by atoms with Gasteiger partial charge in [0.2, 0.25) is 5.95 Å². The molecule has 3 N–H and O–H groups in total. The predicted octanol–water partition coefficient (Wildman–Crippen LogP) is 1.28. The van der Waals surface area contributed by atoms with Crippen LogP contribution in [0.5, 0.6) is 0 Å². The van der Waals surface area contributed by atoms with Crippen LogP contribution in [0.1, 0.15) is 21.6 Å². The van der Waals surface area contributed by atoms with E-state index in [0.29, 0.717) is 23.9 Å². The molecule has 0 saturated heterocycles. The van der Waals surface area contributed by atoms with E-state index in [2.05, 4.69) is 25.4 Å². The topological polar surface area (TPSA) is 115 Å². The molecule has 1 aliphatic rings. The maximum Gasteiger partial charge on any atom is 0.269 e. The van der Waals surface area contributed by atoms with Crippen LogP contribution in [0, 0.1) is 0 Å². The monoisotopic (exact) mass is 364 g/mol.